The largest absolute Gasteiger partial charge is 0.330 e. The lowest BCUT2D eigenvalue weighted by Crippen LogP contribution is -2.48. The zero-order chi connectivity index (χ0) is 9.26. The molecule has 0 atom stereocenters. The molecule has 2 N–H and O–H groups in total. The summed E-state index contributed by atoms with van der Waals surface area (Å²) >= 11 is 7.44. The Hall–Kier alpha value is -0.0900. The van der Waals surface area contributed by atoms with Crippen LogP contribution in [0.4, 0.5) is 0 Å². The summed E-state index contributed by atoms with van der Waals surface area (Å²) in [7, 11) is 0. The minimum absolute atomic E-state index is 0.717. The molecule has 0 saturated carbocycles. The highest BCUT2D eigenvalue weighted by atomic mass is 35.5. The molecule has 0 unspecified atom stereocenters. The zero-order valence-electron chi connectivity index (χ0n) is 7.37. The van der Waals surface area contributed by atoms with Crippen molar-refractivity contribution in [2.24, 2.45) is 11.7 Å². The van der Waals surface area contributed by atoms with Crippen LogP contribution in [0.3, 0.4) is 0 Å². The van der Waals surface area contributed by atoms with Crippen molar-refractivity contribution >= 4 is 22.9 Å². The zero-order valence-corrected chi connectivity index (χ0v) is 8.94. The van der Waals surface area contributed by atoms with Gasteiger partial charge in [0.15, 0.2) is 0 Å². The second-order valence-electron chi connectivity index (χ2n) is 3.55. The molecule has 0 aliphatic carbocycles. The van der Waals surface area contributed by atoms with E-state index < -0.39 is 0 Å². The average Bonchev–Trinajstić information content (AvgIpc) is 2.43. The highest BCUT2D eigenvalue weighted by Crippen LogP contribution is 2.23. The van der Waals surface area contributed by atoms with Gasteiger partial charge in [0, 0.05) is 19.6 Å². The molecule has 1 aromatic rings. The SMILES string of the molecule is NCC1CN(Cc2csc(Cl)c2)C1. The molecular weight excluding hydrogens is 204 g/mol. The molecule has 0 aromatic carbocycles. The maximum Gasteiger partial charge on any atom is 0.0931 e. The Kier molecular flexibility index (Phi) is 2.89. The predicted octanol–water partition coefficient (Wildman–Crippen LogP) is 1.79. The quantitative estimate of drug-likeness (QED) is 0.835. The first-order valence-electron chi connectivity index (χ1n) is 4.43. The second-order valence-corrected chi connectivity index (χ2v) is 5.10. The number of halogens is 1. The van der Waals surface area contributed by atoms with Gasteiger partial charge in [-0.15, -0.1) is 11.3 Å². The van der Waals surface area contributed by atoms with E-state index in [1.54, 1.807) is 11.3 Å². The van der Waals surface area contributed by atoms with Crippen molar-refractivity contribution < 1.29 is 0 Å². The summed E-state index contributed by atoms with van der Waals surface area (Å²) in [6.07, 6.45) is 0. The Balaban J connectivity index is 1.81. The summed E-state index contributed by atoms with van der Waals surface area (Å²) in [6, 6.07) is 2.04. The third-order valence-corrected chi connectivity index (χ3v) is 3.53. The maximum atomic E-state index is 5.84. The molecule has 1 aliphatic rings. The molecule has 0 amide bonds. The number of likely N-dealkylation sites (tertiary alicyclic amines) is 1. The fourth-order valence-corrected chi connectivity index (χ4v) is 2.54. The molecule has 0 radical (unpaired) electrons. The second kappa shape index (κ2) is 3.96. The number of nitrogens with zero attached hydrogens (tertiary/aromatic N) is 1. The van der Waals surface area contributed by atoms with E-state index in [-0.39, 0.29) is 0 Å². The first-order valence-corrected chi connectivity index (χ1v) is 5.69. The fraction of sp³-hybridized carbons (Fsp3) is 0.556. The molecule has 2 heterocycles. The number of hydrogen-bond acceptors (Lipinski definition) is 3. The van der Waals surface area contributed by atoms with E-state index in [0.29, 0.717) is 5.92 Å². The van der Waals surface area contributed by atoms with Crippen LogP contribution in [0.5, 0.6) is 0 Å². The van der Waals surface area contributed by atoms with Gasteiger partial charge in [-0.05, 0) is 29.5 Å². The number of rotatable bonds is 3. The standard InChI is InChI=1S/C9H13ClN2S/c10-9-1-7(6-13-9)3-12-4-8(2-11)5-12/h1,6,8H,2-5,11H2. The van der Waals surface area contributed by atoms with Crippen LogP contribution in [-0.2, 0) is 6.54 Å². The summed E-state index contributed by atoms with van der Waals surface area (Å²) in [5.74, 6) is 0.717. The third kappa shape index (κ3) is 2.23. The molecule has 2 rings (SSSR count). The molecular formula is C9H13ClN2S. The summed E-state index contributed by atoms with van der Waals surface area (Å²) in [5, 5.41) is 2.12. The van der Waals surface area contributed by atoms with Gasteiger partial charge in [0.05, 0.1) is 4.34 Å². The Labute approximate surface area is 87.3 Å². The number of thiophene rings is 1. The fourth-order valence-electron chi connectivity index (χ4n) is 1.64. The van der Waals surface area contributed by atoms with Crippen LogP contribution >= 0.6 is 22.9 Å². The van der Waals surface area contributed by atoms with Gasteiger partial charge < -0.3 is 5.73 Å². The van der Waals surface area contributed by atoms with Gasteiger partial charge in [-0.25, -0.2) is 0 Å². The van der Waals surface area contributed by atoms with Crippen molar-refractivity contribution in [2.45, 2.75) is 6.54 Å². The van der Waals surface area contributed by atoms with E-state index in [9.17, 15) is 0 Å². The highest BCUT2D eigenvalue weighted by Gasteiger charge is 2.24. The summed E-state index contributed by atoms with van der Waals surface area (Å²) in [5.41, 5.74) is 6.87. The molecule has 0 spiro atoms. The van der Waals surface area contributed by atoms with E-state index in [0.717, 1.165) is 30.5 Å². The minimum atomic E-state index is 0.717. The first kappa shape index (κ1) is 9.46. The average molecular weight is 217 g/mol. The van der Waals surface area contributed by atoms with Crippen LogP contribution in [0.15, 0.2) is 11.4 Å². The Morgan fingerprint density at radius 3 is 2.92 bits per heavy atom. The molecule has 0 bridgehead atoms. The van der Waals surface area contributed by atoms with Crippen LogP contribution in [-0.4, -0.2) is 24.5 Å². The highest BCUT2D eigenvalue weighted by molar-refractivity contribution is 7.14. The smallest absolute Gasteiger partial charge is 0.0931 e. The lowest BCUT2D eigenvalue weighted by atomic mass is 10.0. The molecule has 1 saturated heterocycles. The first-order chi connectivity index (χ1) is 6.28. The van der Waals surface area contributed by atoms with Gasteiger partial charge >= 0.3 is 0 Å². The summed E-state index contributed by atoms with van der Waals surface area (Å²) in [6.45, 7) is 4.13. The van der Waals surface area contributed by atoms with Crippen LogP contribution < -0.4 is 5.73 Å². The van der Waals surface area contributed by atoms with Crippen molar-refractivity contribution in [3.05, 3.63) is 21.3 Å². The van der Waals surface area contributed by atoms with Gasteiger partial charge in [-0.3, -0.25) is 4.90 Å². The van der Waals surface area contributed by atoms with Crippen molar-refractivity contribution in [2.75, 3.05) is 19.6 Å². The normalized spacial score (nSPS) is 18.9. The number of nitrogens with two attached hydrogens (primary N) is 1. The van der Waals surface area contributed by atoms with Crippen LogP contribution in [0.2, 0.25) is 4.34 Å². The number of hydrogen-bond donors (Lipinski definition) is 1. The summed E-state index contributed by atoms with van der Waals surface area (Å²) < 4.78 is 0.880. The molecule has 72 valence electrons. The molecule has 1 aromatic heterocycles. The van der Waals surface area contributed by atoms with E-state index in [4.69, 9.17) is 17.3 Å². The molecule has 1 aliphatic heterocycles. The van der Waals surface area contributed by atoms with Gasteiger partial charge in [0.2, 0.25) is 0 Å². The lowest BCUT2D eigenvalue weighted by Gasteiger charge is -2.38. The predicted molar refractivity (Wildman–Crippen MR) is 57.2 cm³/mol. The Morgan fingerprint density at radius 2 is 2.38 bits per heavy atom. The lowest BCUT2D eigenvalue weighted by molar-refractivity contribution is 0.0981. The van der Waals surface area contributed by atoms with Gasteiger partial charge in [0.25, 0.3) is 0 Å². The van der Waals surface area contributed by atoms with Crippen LogP contribution in [0.1, 0.15) is 5.56 Å². The third-order valence-electron chi connectivity index (χ3n) is 2.39. The van der Waals surface area contributed by atoms with Crippen molar-refractivity contribution in [1.82, 2.24) is 4.90 Å². The molecule has 4 heteroatoms. The van der Waals surface area contributed by atoms with Crippen LogP contribution in [0, 0.1) is 5.92 Å². The van der Waals surface area contributed by atoms with Gasteiger partial charge in [0.1, 0.15) is 0 Å². The summed E-state index contributed by atoms with van der Waals surface area (Å²) in [4.78, 5) is 2.40. The van der Waals surface area contributed by atoms with E-state index in [1.165, 1.54) is 5.56 Å². The van der Waals surface area contributed by atoms with Crippen molar-refractivity contribution in [3.8, 4) is 0 Å². The van der Waals surface area contributed by atoms with Gasteiger partial charge in [-0.2, -0.15) is 0 Å². The van der Waals surface area contributed by atoms with E-state index in [1.807, 2.05) is 6.07 Å². The van der Waals surface area contributed by atoms with E-state index >= 15 is 0 Å². The Morgan fingerprint density at radius 1 is 1.62 bits per heavy atom. The van der Waals surface area contributed by atoms with Crippen LogP contribution in [0.25, 0.3) is 0 Å². The molecule has 1 fully saturated rings. The topological polar surface area (TPSA) is 29.3 Å². The minimum Gasteiger partial charge on any atom is -0.330 e. The van der Waals surface area contributed by atoms with Crippen molar-refractivity contribution in [1.29, 1.82) is 0 Å². The van der Waals surface area contributed by atoms with Gasteiger partial charge in [-0.1, -0.05) is 11.6 Å². The Bertz CT molecular complexity index is 281. The van der Waals surface area contributed by atoms with Crippen molar-refractivity contribution in [3.63, 3.8) is 0 Å². The molecule has 13 heavy (non-hydrogen) atoms. The van der Waals surface area contributed by atoms with E-state index in [2.05, 4.69) is 10.3 Å². The monoisotopic (exact) mass is 216 g/mol. The maximum absolute atomic E-state index is 5.84. The molecule has 2 nitrogen and oxygen atoms in total.